The van der Waals surface area contributed by atoms with Gasteiger partial charge in [-0.1, -0.05) is 23.2 Å². The van der Waals surface area contributed by atoms with Crippen molar-refractivity contribution in [1.29, 1.82) is 0 Å². The van der Waals surface area contributed by atoms with E-state index in [1.165, 1.54) is 42.6 Å². The van der Waals surface area contributed by atoms with Gasteiger partial charge >= 0.3 is 12.2 Å². The number of urea groups is 1. The maximum absolute atomic E-state index is 14.2. The Morgan fingerprint density at radius 3 is 2.67 bits per heavy atom. The van der Waals surface area contributed by atoms with Crippen LogP contribution in [0.3, 0.4) is 0 Å². The second kappa shape index (κ2) is 8.57. The third kappa shape index (κ3) is 3.90. The second-order valence-electron chi connectivity index (χ2n) is 8.16. The third-order valence-electron chi connectivity index (χ3n) is 5.69. The highest BCUT2D eigenvalue weighted by Crippen LogP contribution is 2.50. The summed E-state index contributed by atoms with van der Waals surface area (Å²) in [4.78, 5) is 23.5. The Morgan fingerprint density at radius 2 is 1.97 bits per heavy atom. The molecule has 0 radical (unpaired) electrons. The van der Waals surface area contributed by atoms with Crippen LogP contribution in [0.4, 0.5) is 29.3 Å². The van der Waals surface area contributed by atoms with Gasteiger partial charge in [-0.15, -0.1) is 9.90 Å². The van der Waals surface area contributed by atoms with E-state index in [1.54, 1.807) is 0 Å². The summed E-state index contributed by atoms with van der Waals surface area (Å²) < 4.78 is 48.7. The van der Waals surface area contributed by atoms with Crippen molar-refractivity contribution >= 4 is 46.3 Å². The summed E-state index contributed by atoms with van der Waals surface area (Å²) in [5.41, 5.74) is -1.90. The first kappa shape index (κ1) is 24.2. The van der Waals surface area contributed by atoms with Crippen LogP contribution in [0.2, 0.25) is 10.2 Å². The number of hydrogen-bond donors (Lipinski definition) is 1. The molecule has 11 nitrogen and oxygen atoms in total. The van der Waals surface area contributed by atoms with Crippen molar-refractivity contribution in [3.05, 3.63) is 52.3 Å². The van der Waals surface area contributed by atoms with Crippen molar-refractivity contribution in [3.63, 3.8) is 0 Å². The standard InChI is InChI=1S/C20H16Cl2F3N9O2/c1-19(20(23,24)25)9-32(13-7-26-15-4-14(22)31-33(15)16(13)19)18(35)29-10-3-12(21)17(27-5-10)34-28-6-11(30-34)8-36-2/h3-7H,8-9H2,1-2H3,(H,29,35). The highest BCUT2D eigenvalue weighted by atomic mass is 35.5. The fourth-order valence-electron chi connectivity index (χ4n) is 3.94. The Hall–Kier alpha value is -3.49. The molecule has 1 N–H and O–H groups in total. The van der Waals surface area contributed by atoms with Gasteiger partial charge in [0.1, 0.15) is 11.1 Å². The van der Waals surface area contributed by atoms with E-state index in [-0.39, 0.29) is 45.3 Å². The Kier molecular flexibility index (Phi) is 5.76. The molecule has 0 aromatic carbocycles. The van der Waals surface area contributed by atoms with Crippen LogP contribution in [0.1, 0.15) is 18.3 Å². The van der Waals surface area contributed by atoms with Gasteiger partial charge < -0.3 is 10.1 Å². The number of anilines is 2. The largest absolute Gasteiger partial charge is 0.401 e. The summed E-state index contributed by atoms with van der Waals surface area (Å²) in [6.07, 6.45) is -0.742. The molecule has 5 rings (SSSR count). The van der Waals surface area contributed by atoms with Gasteiger partial charge in [0, 0.05) is 19.7 Å². The lowest BCUT2D eigenvalue weighted by molar-refractivity contribution is -0.181. The Balaban J connectivity index is 1.45. The van der Waals surface area contributed by atoms with Crippen molar-refractivity contribution in [1.82, 2.24) is 34.6 Å². The predicted molar refractivity (Wildman–Crippen MR) is 123 cm³/mol. The monoisotopic (exact) mass is 541 g/mol. The highest BCUT2D eigenvalue weighted by Gasteiger charge is 2.60. The topological polar surface area (TPSA) is 115 Å². The van der Waals surface area contributed by atoms with Crippen molar-refractivity contribution in [2.45, 2.75) is 25.1 Å². The van der Waals surface area contributed by atoms with Crippen molar-refractivity contribution in [3.8, 4) is 5.82 Å². The summed E-state index contributed by atoms with van der Waals surface area (Å²) in [5.74, 6) is 0.190. The minimum atomic E-state index is -4.70. The first-order chi connectivity index (χ1) is 17.0. The number of fused-ring (bicyclic) bond motifs is 3. The van der Waals surface area contributed by atoms with Gasteiger partial charge in [-0.2, -0.15) is 23.4 Å². The Labute approximate surface area is 210 Å². The molecular formula is C20H16Cl2F3N9O2. The first-order valence-corrected chi connectivity index (χ1v) is 11.0. The molecule has 0 spiro atoms. The summed E-state index contributed by atoms with van der Waals surface area (Å²) in [6.45, 7) is 0.538. The van der Waals surface area contributed by atoms with Gasteiger partial charge in [-0.25, -0.2) is 19.3 Å². The van der Waals surface area contributed by atoms with Gasteiger partial charge in [0.25, 0.3) is 0 Å². The van der Waals surface area contributed by atoms with E-state index in [1.807, 2.05) is 0 Å². The zero-order chi connectivity index (χ0) is 25.8. The summed E-state index contributed by atoms with van der Waals surface area (Å²) >= 11 is 12.2. The number of ether oxygens (including phenoxy) is 1. The lowest BCUT2D eigenvalue weighted by atomic mass is 9.88. The van der Waals surface area contributed by atoms with Crippen LogP contribution in [-0.4, -0.2) is 60.4 Å². The van der Waals surface area contributed by atoms with E-state index in [2.05, 4.69) is 30.6 Å². The lowest BCUT2D eigenvalue weighted by Crippen LogP contribution is -2.46. The Morgan fingerprint density at radius 1 is 1.19 bits per heavy atom. The molecule has 1 aliphatic heterocycles. The van der Waals surface area contributed by atoms with E-state index < -0.39 is 24.2 Å². The van der Waals surface area contributed by atoms with Gasteiger partial charge in [0.2, 0.25) is 0 Å². The number of amides is 2. The first-order valence-electron chi connectivity index (χ1n) is 10.3. The predicted octanol–water partition coefficient (Wildman–Crippen LogP) is 4.03. The Bertz CT molecular complexity index is 1490. The van der Waals surface area contributed by atoms with E-state index in [0.29, 0.717) is 5.69 Å². The maximum atomic E-state index is 14.2. The zero-order valence-corrected chi connectivity index (χ0v) is 20.1. The average molecular weight is 542 g/mol. The smallest absolute Gasteiger partial charge is 0.378 e. The number of nitrogens with one attached hydrogen (secondary N) is 1. The molecule has 4 aromatic heterocycles. The molecule has 1 aliphatic rings. The molecule has 36 heavy (non-hydrogen) atoms. The molecule has 188 valence electrons. The number of aromatic nitrogens is 7. The molecule has 1 atom stereocenters. The fourth-order valence-corrected chi connectivity index (χ4v) is 4.36. The van der Waals surface area contributed by atoms with E-state index in [4.69, 9.17) is 27.9 Å². The van der Waals surface area contributed by atoms with Crippen LogP contribution >= 0.6 is 23.2 Å². The van der Waals surface area contributed by atoms with Crippen LogP contribution in [0.15, 0.2) is 30.7 Å². The number of rotatable bonds is 4. The van der Waals surface area contributed by atoms with E-state index in [0.717, 1.165) is 16.3 Å². The summed E-state index contributed by atoms with van der Waals surface area (Å²) in [7, 11) is 1.51. The zero-order valence-electron chi connectivity index (χ0n) is 18.6. The van der Waals surface area contributed by atoms with Gasteiger partial charge in [0.15, 0.2) is 16.6 Å². The van der Waals surface area contributed by atoms with E-state index in [9.17, 15) is 18.0 Å². The number of nitrogens with zero attached hydrogens (tertiary/aromatic N) is 8. The molecule has 0 bridgehead atoms. The highest BCUT2D eigenvalue weighted by molar-refractivity contribution is 6.32. The number of methoxy groups -OCH3 is 1. The molecular weight excluding hydrogens is 526 g/mol. The molecule has 0 saturated heterocycles. The minimum absolute atomic E-state index is 0.0230. The summed E-state index contributed by atoms with van der Waals surface area (Å²) in [6, 6.07) is 1.88. The fraction of sp³-hybridized carbons (Fsp3) is 0.300. The van der Waals surface area contributed by atoms with Crippen LogP contribution in [0.5, 0.6) is 0 Å². The van der Waals surface area contributed by atoms with Crippen molar-refractivity contribution in [2.24, 2.45) is 0 Å². The van der Waals surface area contributed by atoms with Crippen molar-refractivity contribution < 1.29 is 22.7 Å². The van der Waals surface area contributed by atoms with E-state index >= 15 is 0 Å². The average Bonchev–Trinajstić information content (AvgIpc) is 3.49. The molecule has 0 saturated carbocycles. The molecule has 5 heterocycles. The minimum Gasteiger partial charge on any atom is -0.378 e. The van der Waals surface area contributed by atoms with Gasteiger partial charge in [0.05, 0.1) is 47.3 Å². The number of pyridine rings is 1. The molecule has 16 heteroatoms. The maximum Gasteiger partial charge on any atom is 0.401 e. The number of carbonyl (C=O) groups excluding carboxylic acids is 1. The van der Waals surface area contributed by atoms with Gasteiger partial charge in [-0.3, -0.25) is 4.90 Å². The lowest BCUT2D eigenvalue weighted by Gasteiger charge is -2.28. The second-order valence-corrected chi connectivity index (χ2v) is 8.96. The number of halogens is 5. The molecule has 0 aliphatic carbocycles. The molecule has 2 amide bonds. The molecule has 1 unspecified atom stereocenters. The van der Waals surface area contributed by atoms with Crippen LogP contribution in [-0.2, 0) is 16.8 Å². The number of carbonyl (C=O) groups is 1. The van der Waals surface area contributed by atoms with Crippen LogP contribution < -0.4 is 10.2 Å². The van der Waals surface area contributed by atoms with Crippen LogP contribution in [0, 0.1) is 0 Å². The van der Waals surface area contributed by atoms with Gasteiger partial charge in [-0.05, 0) is 13.0 Å². The quantitative estimate of drug-likeness (QED) is 0.414. The number of hydrogen-bond acceptors (Lipinski definition) is 7. The van der Waals surface area contributed by atoms with Crippen LogP contribution in [0.25, 0.3) is 11.5 Å². The summed E-state index contributed by atoms with van der Waals surface area (Å²) in [5, 5.41) is 14.8. The molecule has 4 aromatic rings. The molecule has 0 fully saturated rings. The van der Waals surface area contributed by atoms with Crippen molar-refractivity contribution in [2.75, 3.05) is 23.9 Å². The third-order valence-corrected chi connectivity index (χ3v) is 6.15. The SMILES string of the molecule is COCc1cnn(-c2ncc(NC(=O)N3CC(C)(C(F)(F)F)c4c3cnc3cc(Cl)nn43)cc2Cl)n1. The normalized spacial score (nSPS) is 17.6. The number of alkyl halides is 3.